The second-order valence-corrected chi connectivity index (χ2v) is 9.11. The minimum atomic E-state index is -3.52. The average Bonchev–Trinajstić information content (AvgIpc) is 3.10. The van der Waals surface area contributed by atoms with Crippen LogP contribution >= 0.6 is 23.6 Å². The van der Waals surface area contributed by atoms with E-state index in [1.54, 1.807) is 34.2 Å². The van der Waals surface area contributed by atoms with Crippen LogP contribution in [0.2, 0.25) is 0 Å². The molecule has 0 saturated carbocycles. The van der Waals surface area contributed by atoms with Crippen molar-refractivity contribution in [3.8, 4) is 0 Å². The zero-order valence-corrected chi connectivity index (χ0v) is 16.4. The minimum absolute atomic E-state index is 0.270. The maximum absolute atomic E-state index is 12.8. The number of pyridine rings is 1. The SMILES string of the molecule is CN(Cc1ccsc1)Cn1cc(S(=O)(=O)N2CCOCC2)ccc1=S. The van der Waals surface area contributed by atoms with Gasteiger partial charge in [0.1, 0.15) is 4.64 Å². The highest BCUT2D eigenvalue weighted by Crippen LogP contribution is 2.17. The van der Waals surface area contributed by atoms with E-state index in [0.717, 1.165) is 6.54 Å². The number of aromatic nitrogens is 1. The summed E-state index contributed by atoms with van der Waals surface area (Å²) < 4.78 is 34.7. The first kappa shape index (κ1) is 18.7. The van der Waals surface area contributed by atoms with E-state index in [0.29, 0.717) is 37.6 Å². The van der Waals surface area contributed by atoms with Crippen molar-refractivity contribution in [2.75, 3.05) is 33.4 Å². The number of thiophene rings is 1. The summed E-state index contributed by atoms with van der Waals surface area (Å²) in [6.07, 6.45) is 1.64. The van der Waals surface area contributed by atoms with Gasteiger partial charge in [0, 0.05) is 25.8 Å². The summed E-state index contributed by atoms with van der Waals surface area (Å²) >= 11 is 7.03. The van der Waals surface area contributed by atoms with Crippen molar-refractivity contribution in [2.24, 2.45) is 0 Å². The molecule has 3 rings (SSSR count). The van der Waals surface area contributed by atoms with Gasteiger partial charge in [-0.2, -0.15) is 15.6 Å². The molecule has 1 saturated heterocycles. The maximum Gasteiger partial charge on any atom is 0.244 e. The Hall–Kier alpha value is -1.10. The van der Waals surface area contributed by atoms with Crippen molar-refractivity contribution in [1.82, 2.24) is 13.8 Å². The van der Waals surface area contributed by atoms with Gasteiger partial charge >= 0.3 is 0 Å². The van der Waals surface area contributed by atoms with Gasteiger partial charge in [-0.1, -0.05) is 12.2 Å². The Morgan fingerprint density at radius 3 is 2.72 bits per heavy atom. The monoisotopic (exact) mass is 399 g/mol. The van der Waals surface area contributed by atoms with Crippen LogP contribution in [-0.4, -0.2) is 55.5 Å². The molecule has 9 heteroatoms. The molecule has 1 aliphatic heterocycles. The van der Waals surface area contributed by atoms with Crippen LogP contribution in [0.3, 0.4) is 0 Å². The summed E-state index contributed by atoms with van der Waals surface area (Å²) in [5, 5.41) is 4.15. The Labute approximate surface area is 157 Å². The van der Waals surface area contributed by atoms with Crippen LogP contribution in [0.15, 0.2) is 40.1 Å². The molecule has 136 valence electrons. The molecule has 1 fully saturated rings. The van der Waals surface area contributed by atoms with Crippen LogP contribution in [0, 0.1) is 4.64 Å². The number of rotatable bonds is 6. The Morgan fingerprint density at radius 2 is 2.04 bits per heavy atom. The first-order chi connectivity index (χ1) is 12.0. The van der Waals surface area contributed by atoms with Crippen molar-refractivity contribution < 1.29 is 13.2 Å². The van der Waals surface area contributed by atoms with E-state index in [2.05, 4.69) is 16.3 Å². The number of hydrogen-bond acceptors (Lipinski definition) is 6. The Balaban J connectivity index is 1.79. The van der Waals surface area contributed by atoms with Crippen LogP contribution in [0.5, 0.6) is 0 Å². The molecule has 3 heterocycles. The fourth-order valence-corrected chi connectivity index (χ4v) is 4.98. The number of morpholine rings is 1. The van der Waals surface area contributed by atoms with Gasteiger partial charge in [0.15, 0.2) is 0 Å². The lowest BCUT2D eigenvalue weighted by Gasteiger charge is -2.26. The topological polar surface area (TPSA) is 54.8 Å². The molecule has 1 aliphatic rings. The van der Waals surface area contributed by atoms with E-state index < -0.39 is 10.0 Å². The van der Waals surface area contributed by atoms with E-state index in [9.17, 15) is 8.42 Å². The van der Waals surface area contributed by atoms with E-state index in [1.807, 2.05) is 12.4 Å². The lowest BCUT2D eigenvalue weighted by molar-refractivity contribution is 0.0730. The first-order valence-corrected chi connectivity index (χ1v) is 10.7. The lowest BCUT2D eigenvalue weighted by Crippen LogP contribution is -2.40. The van der Waals surface area contributed by atoms with Crippen LogP contribution in [0.1, 0.15) is 5.56 Å². The van der Waals surface area contributed by atoms with Crippen molar-refractivity contribution in [3.05, 3.63) is 45.4 Å². The Kier molecular flexibility index (Phi) is 6.03. The molecule has 0 unspecified atom stereocenters. The highest BCUT2D eigenvalue weighted by molar-refractivity contribution is 7.89. The average molecular weight is 400 g/mol. The van der Waals surface area contributed by atoms with Crippen molar-refractivity contribution in [1.29, 1.82) is 0 Å². The molecule has 2 aromatic rings. The van der Waals surface area contributed by atoms with Gasteiger partial charge in [-0.3, -0.25) is 4.90 Å². The normalized spacial score (nSPS) is 16.4. The highest BCUT2D eigenvalue weighted by atomic mass is 32.2. The smallest absolute Gasteiger partial charge is 0.244 e. The second-order valence-electron chi connectivity index (χ2n) is 5.98. The van der Waals surface area contributed by atoms with Gasteiger partial charge in [0.25, 0.3) is 0 Å². The van der Waals surface area contributed by atoms with Crippen LogP contribution in [0.25, 0.3) is 0 Å². The van der Waals surface area contributed by atoms with E-state index in [1.165, 1.54) is 9.87 Å². The van der Waals surface area contributed by atoms with Crippen molar-refractivity contribution in [2.45, 2.75) is 18.1 Å². The minimum Gasteiger partial charge on any atom is -0.379 e. The van der Waals surface area contributed by atoms with Gasteiger partial charge < -0.3 is 9.30 Å². The van der Waals surface area contributed by atoms with Crippen LogP contribution in [-0.2, 0) is 28.0 Å². The zero-order chi connectivity index (χ0) is 17.9. The van der Waals surface area contributed by atoms with E-state index in [4.69, 9.17) is 17.0 Å². The van der Waals surface area contributed by atoms with Gasteiger partial charge in [0.2, 0.25) is 10.0 Å². The third-order valence-corrected chi connectivity index (χ3v) is 6.98. The third-order valence-electron chi connectivity index (χ3n) is 3.99. The summed E-state index contributed by atoms with van der Waals surface area (Å²) in [5.74, 6) is 0. The zero-order valence-electron chi connectivity index (χ0n) is 14.0. The second kappa shape index (κ2) is 8.07. The molecule has 0 atom stereocenters. The highest BCUT2D eigenvalue weighted by Gasteiger charge is 2.26. The van der Waals surface area contributed by atoms with Gasteiger partial charge in [-0.15, -0.1) is 0 Å². The van der Waals surface area contributed by atoms with E-state index in [-0.39, 0.29) is 4.90 Å². The number of nitrogens with zero attached hydrogens (tertiary/aromatic N) is 3. The number of ether oxygens (including phenoxy) is 1. The predicted molar refractivity (Wildman–Crippen MR) is 101 cm³/mol. The number of sulfonamides is 1. The van der Waals surface area contributed by atoms with Gasteiger partial charge in [-0.05, 0) is 41.6 Å². The number of hydrogen-bond donors (Lipinski definition) is 0. The maximum atomic E-state index is 12.8. The molecule has 0 radical (unpaired) electrons. The molecule has 25 heavy (non-hydrogen) atoms. The molecule has 0 aromatic carbocycles. The summed E-state index contributed by atoms with van der Waals surface area (Å²) in [5.41, 5.74) is 1.23. The quantitative estimate of drug-likeness (QED) is 0.698. The standard InChI is InChI=1S/C16H21N3O3S3/c1-17(10-14-4-9-24-12-14)13-18-11-15(2-3-16(18)23)25(20,21)19-5-7-22-8-6-19/h2-4,9,11-12H,5-8,10,13H2,1H3. The molecular weight excluding hydrogens is 378 g/mol. The molecule has 0 bridgehead atoms. The molecule has 0 amide bonds. The van der Waals surface area contributed by atoms with Gasteiger partial charge in [0.05, 0.1) is 24.8 Å². The van der Waals surface area contributed by atoms with Crippen molar-refractivity contribution in [3.63, 3.8) is 0 Å². The Bertz CT molecular complexity index is 856. The fraction of sp³-hybridized carbons (Fsp3) is 0.438. The summed E-state index contributed by atoms with van der Waals surface area (Å²) in [7, 11) is -1.53. The largest absolute Gasteiger partial charge is 0.379 e. The van der Waals surface area contributed by atoms with Crippen LogP contribution in [0.4, 0.5) is 0 Å². The summed E-state index contributed by atoms with van der Waals surface area (Å²) in [6.45, 7) is 2.95. The summed E-state index contributed by atoms with van der Waals surface area (Å²) in [4.78, 5) is 2.37. The van der Waals surface area contributed by atoms with E-state index >= 15 is 0 Å². The first-order valence-electron chi connectivity index (χ1n) is 7.95. The van der Waals surface area contributed by atoms with Crippen LogP contribution < -0.4 is 0 Å². The molecular formula is C16H21N3O3S3. The molecule has 0 aliphatic carbocycles. The lowest BCUT2D eigenvalue weighted by atomic mass is 10.3. The molecule has 6 nitrogen and oxygen atoms in total. The molecule has 2 aromatic heterocycles. The predicted octanol–water partition coefficient (Wildman–Crippen LogP) is 2.39. The molecule has 0 spiro atoms. The van der Waals surface area contributed by atoms with Crippen molar-refractivity contribution >= 4 is 33.6 Å². The Morgan fingerprint density at radius 1 is 1.28 bits per heavy atom. The molecule has 0 N–H and O–H groups in total. The summed E-state index contributed by atoms with van der Waals surface area (Å²) in [6, 6.07) is 5.35. The third kappa shape index (κ3) is 4.55. The fourth-order valence-electron chi connectivity index (χ4n) is 2.71. The van der Waals surface area contributed by atoms with Gasteiger partial charge in [-0.25, -0.2) is 8.42 Å².